The summed E-state index contributed by atoms with van der Waals surface area (Å²) in [7, 11) is 0.885. The molecule has 1 aromatic rings. The van der Waals surface area contributed by atoms with Gasteiger partial charge >= 0.3 is 0 Å². The van der Waals surface area contributed by atoms with E-state index in [1.165, 1.54) is 0 Å². The monoisotopic (exact) mass is 195 g/mol. The second-order valence-electron chi connectivity index (χ2n) is 2.20. The molecule has 0 aliphatic rings. The maximum Gasteiger partial charge on any atom is 0.206 e. The Morgan fingerprint density at radius 2 is 1.31 bits per heavy atom. The highest BCUT2D eigenvalue weighted by Crippen LogP contribution is 2.30. The van der Waals surface area contributed by atoms with Crippen LogP contribution in [0, 0.1) is 23.3 Å². The van der Waals surface area contributed by atoms with Crippen molar-refractivity contribution in [3.63, 3.8) is 0 Å². The quantitative estimate of drug-likeness (QED) is 0.421. The molecule has 0 atom stereocenters. The maximum absolute atomic E-state index is 12.7. The van der Waals surface area contributed by atoms with E-state index in [9.17, 15) is 17.6 Å². The molecule has 0 aliphatic carbocycles. The number of anilines is 1. The van der Waals surface area contributed by atoms with E-state index in [2.05, 4.69) is 4.74 Å². The molecule has 1 aromatic carbocycles. The normalized spacial score (nSPS) is 10.2. The Hall–Kier alpha value is -1.46. The van der Waals surface area contributed by atoms with Crippen molar-refractivity contribution in [3.8, 4) is 5.75 Å². The number of ether oxygens (including phenoxy) is 1. The molecule has 0 aromatic heterocycles. The summed E-state index contributed by atoms with van der Waals surface area (Å²) in [6, 6.07) is 0. The minimum atomic E-state index is -1.66. The fourth-order valence-corrected chi connectivity index (χ4v) is 0.808. The average molecular weight is 195 g/mol. The van der Waals surface area contributed by atoms with E-state index in [4.69, 9.17) is 5.73 Å². The summed E-state index contributed by atoms with van der Waals surface area (Å²) in [5, 5.41) is 0. The van der Waals surface area contributed by atoms with Crippen LogP contribution >= 0.6 is 0 Å². The van der Waals surface area contributed by atoms with E-state index in [1.807, 2.05) is 0 Å². The van der Waals surface area contributed by atoms with Gasteiger partial charge in [0.1, 0.15) is 5.69 Å². The van der Waals surface area contributed by atoms with Crippen LogP contribution in [0.1, 0.15) is 0 Å². The number of rotatable bonds is 1. The van der Waals surface area contributed by atoms with Crippen molar-refractivity contribution in [2.45, 2.75) is 0 Å². The first-order valence-electron chi connectivity index (χ1n) is 3.16. The van der Waals surface area contributed by atoms with Gasteiger partial charge in [-0.25, -0.2) is 8.78 Å². The number of hydrogen-bond donors (Lipinski definition) is 1. The Labute approximate surface area is 70.9 Å². The lowest BCUT2D eigenvalue weighted by molar-refractivity contribution is 0.334. The van der Waals surface area contributed by atoms with Gasteiger partial charge in [-0.15, -0.1) is 0 Å². The molecule has 0 amide bonds. The van der Waals surface area contributed by atoms with E-state index >= 15 is 0 Å². The smallest absolute Gasteiger partial charge is 0.206 e. The van der Waals surface area contributed by atoms with Crippen molar-refractivity contribution in [1.82, 2.24) is 0 Å². The molecular weight excluding hydrogens is 190 g/mol. The van der Waals surface area contributed by atoms with Crippen molar-refractivity contribution in [2.75, 3.05) is 12.8 Å². The SMILES string of the molecule is COc1c(F)c(F)c(N)c(F)c1F. The van der Waals surface area contributed by atoms with Gasteiger partial charge in [0.2, 0.25) is 11.6 Å². The van der Waals surface area contributed by atoms with Crippen LogP contribution in [0.25, 0.3) is 0 Å². The van der Waals surface area contributed by atoms with Crippen molar-refractivity contribution in [3.05, 3.63) is 23.3 Å². The van der Waals surface area contributed by atoms with E-state index < -0.39 is 34.7 Å². The van der Waals surface area contributed by atoms with Crippen LogP contribution in [0.4, 0.5) is 23.2 Å². The first-order valence-corrected chi connectivity index (χ1v) is 3.16. The molecule has 0 radical (unpaired) electrons. The molecule has 0 bridgehead atoms. The molecule has 0 unspecified atom stereocenters. The van der Waals surface area contributed by atoms with Gasteiger partial charge in [0.05, 0.1) is 7.11 Å². The van der Waals surface area contributed by atoms with Gasteiger partial charge in [-0.3, -0.25) is 0 Å². The van der Waals surface area contributed by atoms with Crippen LogP contribution in [0.2, 0.25) is 0 Å². The van der Waals surface area contributed by atoms with Gasteiger partial charge in [0.15, 0.2) is 17.4 Å². The molecule has 0 aliphatic heterocycles. The maximum atomic E-state index is 12.7. The highest BCUT2D eigenvalue weighted by atomic mass is 19.2. The zero-order chi connectivity index (χ0) is 10.2. The summed E-state index contributed by atoms with van der Waals surface area (Å²) in [5.74, 6) is -7.71. The topological polar surface area (TPSA) is 35.2 Å². The summed E-state index contributed by atoms with van der Waals surface area (Å²) in [5.41, 5.74) is 3.52. The molecule has 0 fully saturated rings. The molecule has 2 N–H and O–H groups in total. The molecule has 2 nitrogen and oxygen atoms in total. The third kappa shape index (κ3) is 1.28. The minimum absolute atomic E-state index is 0.885. The third-order valence-electron chi connectivity index (χ3n) is 1.46. The molecule has 0 saturated carbocycles. The number of benzene rings is 1. The van der Waals surface area contributed by atoms with Gasteiger partial charge in [0, 0.05) is 0 Å². The Morgan fingerprint density at radius 1 is 0.923 bits per heavy atom. The van der Waals surface area contributed by atoms with Gasteiger partial charge in [-0.05, 0) is 0 Å². The van der Waals surface area contributed by atoms with E-state index in [0.29, 0.717) is 0 Å². The third-order valence-corrected chi connectivity index (χ3v) is 1.46. The summed E-state index contributed by atoms with van der Waals surface area (Å²) in [6.07, 6.45) is 0. The van der Waals surface area contributed by atoms with E-state index in [1.54, 1.807) is 0 Å². The van der Waals surface area contributed by atoms with Gasteiger partial charge < -0.3 is 10.5 Å². The second kappa shape index (κ2) is 3.12. The van der Waals surface area contributed by atoms with Crippen LogP contribution < -0.4 is 10.5 Å². The van der Waals surface area contributed by atoms with Crippen LogP contribution in [0.5, 0.6) is 5.75 Å². The fraction of sp³-hybridized carbons (Fsp3) is 0.143. The molecule has 13 heavy (non-hydrogen) atoms. The molecule has 72 valence electrons. The minimum Gasteiger partial charge on any atom is -0.491 e. The first-order chi connectivity index (χ1) is 6.00. The lowest BCUT2D eigenvalue weighted by atomic mass is 10.2. The summed E-state index contributed by atoms with van der Waals surface area (Å²) < 4.78 is 54.8. The van der Waals surface area contributed by atoms with Crippen LogP contribution in [-0.2, 0) is 0 Å². The van der Waals surface area contributed by atoms with Gasteiger partial charge in [-0.2, -0.15) is 8.78 Å². The zero-order valence-corrected chi connectivity index (χ0v) is 6.50. The fourth-order valence-electron chi connectivity index (χ4n) is 0.808. The predicted octanol–water partition coefficient (Wildman–Crippen LogP) is 1.83. The first kappa shape index (κ1) is 9.63. The Kier molecular flexibility index (Phi) is 2.31. The average Bonchev–Trinajstić information content (AvgIpc) is 2.13. The van der Waals surface area contributed by atoms with E-state index in [0.717, 1.165) is 7.11 Å². The Bertz CT molecular complexity index is 324. The lowest BCUT2D eigenvalue weighted by Gasteiger charge is -2.07. The van der Waals surface area contributed by atoms with Crippen LogP contribution in [-0.4, -0.2) is 7.11 Å². The highest BCUT2D eigenvalue weighted by Gasteiger charge is 2.24. The molecule has 6 heteroatoms. The second-order valence-corrected chi connectivity index (χ2v) is 2.20. The van der Waals surface area contributed by atoms with Crippen LogP contribution in [0.3, 0.4) is 0 Å². The lowest BCUT2D eigenvalue weighted by Crippen LogP contribution is -2.05. The van der Waals surface area contributed by atoms with Crippen molar-refractivity contribution in [2.24, 2.45) is 0 Å². The number of halogens is 4. The van der Waals surface area contributed by atoms with Gasteiger partial charge in [0.25, 0.3) is 0 Å². The summed E-state index contributed by atoms with van der Waals surface area (Å²) >= 11 is 0. The number of methoxy groups -OCH3 is 1. The zero-order valence-electron chi connectivity index (χ0n) is 6.50. The summed E-state index contributed by atoms with van der Waals surface area (Å²) in [6.45, 7) is 0. The Balaban J connectivity index is 3.56. The predicted molar refractivity (Wildman–Crippen MR) is 37.2 cm³/mol. The van der Waals surface area contributed by atoms with Gasteiger partial charge in [-0.1, -0.05) is 0 Å². The molecule has 0 saturated heterocycles. The Morgan fingerprint density at radius 3 is 1.62 bits per heavy atom. The molecular formula is C7H5F4NO. The van der Waals surface area contributed by atoms with Crippen LogP contribution in [0.15, 0.2) is 0 Å². The summed E-state index contributed by atoms with van der Waals surface area (Å²) in [4.78, 5) is 0. The van der Waals surface area contributed by atoms with E-state index in [-0.39, 0.29) is 0 Å². The highest BCUT2D eigenvalue weighted by molar-refractivity contribution is 5.47. The largest absolute Gasteiger partial charge is 0.491 e. The molecule has 1 rings (SSSR count). The number of nitrogen functional groups attached to an aromatic ring is 1. The van der Waals surface area contributed by atoms with Crippen molar-refractivity contribution >= 4 is 5.69 Å². The van der Waals surface area contributed by atoms with Crippen molar-refractivity contribution in [1.29, 1.82) is 0 Å². The van der Waals surface area contributed by atoms with Crippen molar-refractivity contribution < 1.29 is 22.3 Å². The standard InChI is InChI=1S/C7H5F4NO/c1-13-7-4(10)2(8)6(12)3(9)5(7)11/h12H2,1H3. The molecule has 0 spiro atoms. The molecule has 0 heterocycles. The number of hydrogen-bond acceptors (Lipinski definition) is 2. The number of nitrogens with two attached hydrogens (primary N) is 1.